The van der Waals surface area contributed by atoms with Crippen molar-refractivity contribution in [1.29, 1.82) is 0 Å². The Bertz CT molecular complexity index is 1650. The van der Waals surface area contributed by atoms with Gasteiger partial charge in [-0.3, -0.25) is 19.7 Å². The minimum Gasteiger partial charge on any atom is -0.322 e. The summed E-state index contributed by atoms with van der Waals surface area (Å²) in [6.45, 7) is 1.88. The average Bonchev–Trinajstić information content (AvgIpc) is 3.40. The minimum absolute atomic E-state index is 0.0872. The van der Waals surface area contributed by atoms with E-state index >= 15 is 0 Å². The number of nitro benzene ring substituents is 1. The Morgan fingerprint density at radius 1 is 1.19 bits per heavy atom. The van der Waals surface area contributed by atoms with Crippen molar-refractivity contribution >= 4 is 90.9 Å². The molecule has 1 aromatic heterocycles. The Morgan fingerprint density at radius 3 is 2.73 bits per heavy atom. The van der Waals surface area contributed by atoms with E-state index in [1.807, 2.05) is 37.3 Å². The maximum absolute atomic E-state index is 12.7. The fourth-order valence-corrected chi connectivity index (χ4v) is 6.76. The third-order valence-electron chi connectivity index (χ3n) is 5.33. The second-order valence-corrected chi connectivity index (χ2v) is 11.9. The number of hydrogen-bond acceptors (Lipinski definition) is 9. The van der Waals surface area contributed by atoms with Gasteiger partial charge in [-0.2, -0.15) is 0 Å². The molecule has 37 heavy (non-hydrogen) atoms. The lowest BCUT2D eigenvalue weighted by atomic mass is 10.1. The van der Waals surface area contributed by atoms with E-state index < -0.39 is 4.92 Å². The van der Waals surface area contributed by atoms with Crippen LogP contribution in [-0.4, -0.2) is 26.0 Å². The molecule has 0 spiro atoms. The maximum Gasteiger partial charge on any atom is 0.283 e. The molecule has 1 aliphatic rings. The van der Waals surface area contributed by atoms with Crippen molar-refractivity contribution in [1.82, 2.24) is 10.3 Å². The van der Waals surface area contributed by atoms with Gasteiger partial charge in [0.25, 0.3) is 17.5 Å². The average molecular weight is 565 g/mol. The Morgan fingerprint density at radius 2 is 2.00 bits per heavy atom. The van der Waals surface area contributed by atoms with Crippen LogP contribution in [0.1, 0.15) is 21.5 Å². The highest BCUT2D eigenvalue weighted by molar-refractivity contribution is 8.26. The molecule has 3 aromatic carbocycles. The molecule has 0 atom stereocenters. The standard InChI is InChI=1S/C25H16N4O4S4/c1-13-4-2-3-5-16(13)22(30)26-15-7-8-17-20(12-15)37-25(27-17)36-19-9-6-14(10-18(19)29(32)33)11-21-23(31)28-24(34)35-21/h2-12H,1H3,(H,26,30)(H,28,31,34)/b21-11-. The minimum atomic E-state index is -0.455. The van der Waals surface area contributed by atoms with E-state index in [1.165, 1.54) is 29.2 Å². The summed E-state index contributed by atoms with van der Waals surface area (Å²) < 4.78 is 1.82. The Kier molecular flexibility index (Phi) is 7.07. The third-order valence-corrected chi connectivity index (χ3v) is 8.64. The highest BCUT2D eigenvalue weighted by Crippen LogP contribution is 2.40. The molecular weight excluding hydrogens is 549 g/mol. The van der Waals surface area contributed by atoms with Gasteiger partial charge in [-0.05, 0) is 54.5 Å². The number of carbonyl (C=O) groups is 2. The Labute approximate surface area is 228 Å². The van der Waals surface area contributed by atoms with Crippen LogP contribution in [0.5, 0.6) is 0 Å². The topological polar surface area (TPSA) is 114 Å². The van der Waals surface area contributed by atoms with E-state index in [1.54, 1.807) is 30.3 Å². The molecule has 4 aromatic rings. The van der Waals surface area contributed by atoms with E-state index in [2.05, 4.69) is 15.6 Å². The zero-order valence-corrected chi connectivity index (χ0v) is 22.3. The Hall–Kier alpha value is -3.58. The molecular formula is C25H16N4O4S4. The molecule has 184 valence electrons. The van der Waals surface area contributed by atoms with E-state index in [0.29, 0.717) is 35.3 Å². The first-order valence-electron chi connectivity index (χ1n) is 10.8. The first-order valence-corrected chi connectivity index (χ1v) is 13.6. The van der Waals surface area contributed by atoms with E-state index in [0.717, 1.165) is 27.5 Å². The summed E-state index contributed by atoms with van der Waals surface area (Å²) in [5, 5.41) is 17.2. The number of fused-ring (bicyclic) bond motifs is 1. The number of aromatic nitrogens is 1. The molecule has 0 bridgehead atoms. The number of benzene rings is 3. The molecule has 1 fully saturated rings. The molecule has 0 saturated carbocycles. The van der Waals surface area contributed by atoms with Gasteiger partial charge in [-0.25, -0.2) is 4.98 Å². The summed E-state index contributed by atoms with van der Waals surface area (Å²) in [5.74, 6) is -0.516. The first kappa shape index (κ1) is 25.1. The zero-order chi connectivity index (χ0) is 26.1. The van der Waals surface area contributed by atoms with Crippen LogP contribution < -0.4 is 10.6 Å². The van der Waals surface area contributed by atoms with Crippen LogP contribution in [0, 0.1) is 17.0 Å². The van der Waals surface area contributed by atoms with Gasteiger partial charge in [0, 0.05) is 17.3 Å². The van der Waals surface area contributed by atoms with Gasteiger partial charge in [0.1, 0.15) is 4.32 Å². The number of carbonyl (C=O) groups excluding carboxylic acids is 2. The van der Waals surface area contributed by atoms with Crippen molar-refractivity contribution in [2.45, 2.75) is 16.2 Å². The summed E-state index contributed by atoms with van der Waals surface area (Å²) in [4.78, 5) is 41.3. The van der Waals surface area contributed by atoms with Gasteiger partial charge in [0.05, 0.1) is 24.9 Å². The van der Waals surface area contributed by atoms with Crippen LogP contribution in [0.25, 0.3) is 16.3 Å². The van der Waals surface area contributed by atoms with Gasteiger partial charge in [-0.1, -0.05) is 60.0 Å². The molecule has 12 heteroatoms. The monoisotopic (exact) mass is 564 g/mol. The van der Waals surface area contributed by atoms with Crippen LogP contribution in [0.2, 0.25) is 0 Å². The fraction of sp³-hybridized carbons (Fsp3) is 0.0400. The van der Waals surface area contributed by atoms with Gasteiger partial charge in [-0.15, -0.1) is 11.3 Å². The maximum atomic E-state index is 12.7. The SMILES string of the molecule is Cc1ccccc1C(=O)Nc1ccc2nc(Sc3ccc(/C=C4\SC(=S)NC4=O)cc3[N+](=O)[O-])sc2c1. The number of rotatable bonds is 6. The van der Waals surface area contributed by atoms with Crippen molar-refractivity contribution in [3.63, 3.8) is 0 Å². The normalized spacial score (nSPS) is 14.2. The largest absolute Gasteiger partial charge is 0.322 e. The van der Waals surface area contributed by atoms with Crippen LogP contribution in [0.15, 0.2) is 74.8 Å². The molecule has 0 radical (unpaired) electrons. The first-order chi connectivity index (χ1) is 17.8. The van der Waals surface area contributed by atoms with Gasteiger partial charge in [0.15, 0.2) is 4.34 Å². The molecule has 2 amide bonds. The van der Waals surface area contributed by atoms with Crippen molar-refractivity contribution in [3.8, 4) is 0 Å². The molecule has 1 saturated heterocycles. The summed E-state index contributed by atoms with van der Waals surface area (Å²) in [7, 11) is 0. The van der Waals surface area contributed by atoms with E-state index in [9.17, 15) is 19.7 Å². The smallest absolute Gasteiger partial charge is 0.283 e. The van der Waals surface area contributed by atoms with Crippen LogP contribution in [0.3, 0.4) is 0 Å². The predicted octanol–water partition coefficient (Wildman–Crippen LogP) is 6.41. The number of hydrogen-bond donors (Lipinski definition) is 2. The summed E-state index contributed by atoms with van der Waals surface area (Å²) >= 11 is 8.67. The van der Waals surface area contributed by atoms with Crippen LogP contribution >= 0.6 is 47.1 Å². The summed E-state index contributed by atoms with van der Waals surface area (Å²) in [6.07, 6.45) is 1.57. The molecule has 0 unspecified atom stereocenters. The highest BCUT2D eigenvalue weighted by atomic mass is 32.2. The van der Waals surface area contributed by atoms with Crippen molar-refractivity contribution < 1.29 is 14.5 Å². The fourth-order valence-electron chi connectivity index (χ4n) is 3.57. The lowest BCUT2D eigenvalue weighted by Gasteiger charge is -2.07. The third kappa shape index (κ3) is 5.57. The predicted molar refractivity (Wildman–Crippen MR) is 152 cm³/mol. The number of nitrogens with one attached hydrogen (secondary N) is 2. The van der Waals surface area contributed by atoms with Gasteiger partial charge >= 0.3 is 0 Å². The summed E-state index contributed by atoms with van der Waals surface area (Å²) in [6, 6.07) is 17.6. The van der Waals surface area contributed by atoms with Crippen molar-refractivity contribution in [2.75, 3.05) is 5.32 Å². The van der Waals surface area contributed by atoms with Gasteiger partial charge in [0.2, 0.25) is 0 Å². The lowest BCUT2D eigenvalue weighted by molar-refractivity contribution is -0.387. The number of nitrogens with zero attached hydrogens (tertiary/aromatic N) is 2. The van der Waals surface area contributed by atoms with Gasteiger partial charge < -0.3 is 10.6 Å². The number of thiocarbonyl (C=S) groups is 1. The van der Waals surface area contributed by atoms with E-state index in [4.69, 9.17) is 12.2 Å². The molecule has 2 heterocycles. The molecule has 0 aliphatic carbocycles. The summed E-state index contributed by atoms with van der Waals surface area (Å²) in [5.41, 5.74) is 3.29. The quantitative estimate of drug-likeness (QED) is 0.120. The second kappa shape index (κ2) is 10.4. The van der Waals surface area contributed by atoms with E-state index in [-0.39, 0.29) is 17.5 Å². The van der Waals surface area contributed by atoms with Crippen LogP contribution in [-0.2, 0) is 4.79 Å². The number of nitro groups is 1. The molecule has 2 N–H and O–H groups in total. The number of anilines is 1. The van der Waals surface area contributed by atoms with Crippen LogP contribution in [0.4, 0.5) is 11.4 Å². The lowest BCUT2D eigenvalue weighted by Crippen LogP contribution is -2.17. The number of thiazole rings is 1. The molecule has 1 aliphatic heterocycles. The highest BCUT2D eigenvalue weighted by Gasteiger charge is 2.23. The Balaban J connectivity index is 1.37. The second-order valence-electron chi connectivity index (χ2n) is 7.87. The molecule has 8 nitrogen and oxygen atoms in total. The van der Waals surface area contributed by atoms with Crippen molar-refractivity contribution in [2.24, 2.45) is 0 Å². The molecule has 5 rings (SSSR count). The number of thioether (sulfide) groups is 1. The van der Waals surface area contributed by atoms with Crippen molar-refractivity contribution in [3.05, 3.63) is 92.4 Å². The number of aryl methyl sites for hydroxylation is 1. The zero-order valence-electron chi connectivity index (χ0n) is 19.0. The number of amides is 2.